The molecule has 1 rings (SSSR count). The van der Waals surface area contributed by atoms with E-state index in [2.05, 4.69) is 50.4 Å². The van der Waals surface area contributed by atoms with Crippen molar-refractivity contribution < 1.29 is 0 Å². The van der Waals surface area contributed by atoms with Crippen LogP contribution in [0.1, 0.15) is 26.7 Å². The molecule has 0 radical (unpaired) electrons. The van der Waals surface area contributed by atoms with Crippen molar-refractivity contribution in [1.82, 2.24) is 9.80 Å². The topological polar surface area (TPSA) is 6.48 Å². The molecule has 0 aliphatic carbocycles. The molecule has 1 fully saturated rings. The van der Waals surface area contributed by atoms with Gasteiger partial charge >= 0.3 is 0 Å². The highest BCUT2D eigenvalue weighted by Gasteiger charge is 2.23. The molecule has 0 aromatic heterocycles. The lowest BCUT2D eigenvalue weighted by Gasteiger charge is -2.37. The third-order valence-electron chi connectivity index (χ3n) is 3.96. The lowest BCUT2D eigenvalue weighted by molar-refractivity contribution is 0.125. The van der Waals surface area contributed by atoms with Crippen LogP contribution in [-0.4, -0.2) is 55.3 Å². The molecule has 0 saturated carbocycles. The maximum absolute atomic E-state index is 4.47. The van der Waals surface area contributed by atoms with Crippen molar-refractivity contribution in [2.75, 3.05) is 39.5 Å². The Labute approximate surface area is 107 Å². The van der Waals surface area contributed by atoms with E-state index in [4.69, 9.17) is 0 Å². The van der Waals surface area contributed by atoms with Gasteiger partial charge in [-0.05, 0) is 57.6 Å². The van der Waals surface area contributed by atoms with E-state index in [1.165, 1.54) is 32.5 Å². The fourth-order valence-corrected chi connectivity index (χ4v) is 2.97. The molecule has 0 N–H and O–H groups in total. The van der Waals surface area contributed by atoms with E-state index in [0.717, 1.165) is 23.6 Å². The van der Waals surface area contributed by atoms with Gasteiger partial charge in [-0.3, -0.25) is 0 Å². The third-order valence-corrected chi connectivity index (χ3v) is 4.43. The first-order chi connectivity index (χ1) is 7.54. The average Bonchev–Trinajstić information content (AvgIpc) is 2.26. The van der Waals surface area contributed by atoms with Crippen LogP contribution < -0.4 is 0 Å². The zero-order valence-electron chi connectivity index (χ0n) is 11.3. The fourth-order valence-electron chi connectivity index (χ4n) is 2.43. The summed E-state index contributed by atoms with van der Waals surface area (Å²) < 4.78 is 0. The molecule has 16 heavy (non-hydrogen) atoms. The molecule has 0 aromatic rings. The minimum Gasteiger partial charge on any atom is -0.306 e. The van der Waals surface area contributed by atoms with Crippen LogP contribution in [0.25, 0.3) is 0 Å². The van der Waals surface area contributed by atoms with Crippen LogP contribution in [0.15, 0.2) is 0 Å². The molecule has 96 valence electrons. The number of thiol groups is 1. The van der Waals surface area contributed by atoms with Crippen molar-refractivity contribution in [3.63, 3.8) is 0 Å². The van der Waals surface area contributed by atoms with E-state index in [0.29, 0.717) is 0 Å². The normalized spacial score (nSPS) is 21.9. The average molecular weight is 244 g/mol. The summed E-state index contributed by atoms with van der Waals surface area (Å²) in [6.07, 6.45) is 2.65. The molecule has 3 heteroatoms. The van der Waals surface area contributed by atoms with E-state index >= 15 is 0 Å². The summed E-state index contributed by atoms with van der Waals surface area (Å²) in [7, 11) is 4.40. The monoisotopic (exact) mass is 244 g/mol. The fraction of sp³-hybridized carbons (Fsp3) is 1.00. The van der Waals surface area contributed by atoms with Crippen LogP contribution >= 0.6 is 12.6 Å². The van der Waals surface area contributed by atoms with Crippen molar-refractivity contribution in [1.29, 1.82) is 0 Å². The Morgan fingerprint density at radius 3 is 2.19 bits per heavy atom. The van der Waals surface area contributed by atoms with E-state index in [9.17, 15) is 0 Å². The van der Waals surface area contributed by atoms with Gasteiger partial charge < -0.3 is 9.80 Å². The predicted molar refractivity (Wildman–Crippen MR) is 75.3 cm³/mol. The molecule has 1 aliphatic heterocycles. The second kappa shape index (κ2) is 6.87. The van der Waals surface area contributed by atoms with Gasteiger partial charge in [-0.1, -0.05) is 13.8 Å². The van der Waals surface area contributed by atoms with Gasteiger partial charge in [-0.2, -0.15) is 12.6 Å². The largest absolute Gasteiger partial charge is 0.306 e. The zero-order chi connectivity index (χ0) is 12.1. The molecule has 0 amide bonds. The van der Waals surface area contributed by atoms with E-state index in [-0.39, 0.29) is 0 Å². The Morgan fingerprint density at radius 1 is 1.25 bits per heavy atom. The Kier molecular flexibility index (Phi) is 6.16. The number of rotatable bonds is 5. The van der Waals surface area contributed by atoms with Crippen LogP contribution in [0.3, 0.4) is 0 Å². The van der Waals surface area contributed by atoms with Crippen LogP contribution in [0.5, 0.6) is 0 Å². The van der Waals surface area contributed by atoms with E-state index in [1.54, 1.807) is 0 Å². The number of likely N-dealkylation sites (tertiary alicyclic amines) is 1. The maximum atomic E-state index is 4.47. The molecular formula is C13H28N2S. The highest BCUT2D eigenvalue weighted by atomic mass is 32.1. The van der Waals surface area contributed by atoms with Crippen molar-refractivity contribution >= 4 is 12.6 Å². The quantitative estimate of drug-likeness (QED) is 0.741. The number of nitrogens with zero attached hydrogens (tertiary/aromatic N) is 2. The van der Waals surface area contributed by atoms with Crippen molar-refractivity contribution in [2.45, 2.75) is 32.7 Å². The Balaban J connectivity index is 2.31. The Morgan fingerprint density at radius 2 is 1.81 bits per heavy atom. The summed E-state index contributed by atoms with van der Waals surface area (Å²) in [4.78, 5) is 5.00. The van der Waals surface area contributed by atoms with Gasteiger partial charge in [0.05, 0.1) is 0 Å². The SMILES string of the molecule is CC(C)C(CS)CN1CCC(N(C)C)CC1. The first-order valence-corrected chi connectivity index (χ1v) is 7.17. The van der Waals surface area contributed by atoms with Gasteiger partial charge in [0, 0.05) is 12.6 Å². The Hall–Kier alpha value is 0.270. The van der Waals surface area contributed by atoms with E-state index < -0.39 is 0 Å². The second-order valence-electron chi connectivity index (χ2n) is 5.68. The number of hydrogen-bond acceptors (Lipinski definition) is 3. The molecule has 0 bridgehead atoms. The summed E-state index contributed by atoms with van der Waals surface area (Å²) in [5, 5.41) is 0. The molecule has 1 aliphatic rings. The van der Waals surface area contributed by atoms with Crippen molar-refractivity contribution in [3.05, 3.63) is 0 Å². The molecule has 1 atom stereocenters. The van der Waals surface area contributed by atoms with Crippen molar-refractivity contribution in [3.8, 4) is 0 Å². The molecule has 1 unspecified atom stereocenters. The second-order valence-corrected chi connectivity index (χ2v) is 6.05. The zero-order valence-corrected chi connectivity index (χ0v) is 12.2. The summed E-state index contributed by atoms with van der Waals surface area (Å²) in [5.74, 6) is 2.52. The van der Waals surface area contributed by atoms with Gasteiger partial charge in [-0.25, -0.2) is 0 Å². The summed E-state index contributed by atoms with van der Waals surface area (Å²) in [6, 6.07) is 0.796. The van der Waals surface area contributed by atoms with Gasteiger partial charge in [0.15, 0.2) is 0 Å². The van der Waals surface area contributed by atoms with Crippen LogP contribution in [0.4, 0.5) is 0 Å². The van der Waals surface area contributed by atoms with Gasteiger partial charge in [0.1, 0.15) is 0 Å². The summed E-state index contributed by atoms with van der Waals surface area (Å²) in [6.45, 7) is 8.39. The van der Waals surface area contributed by atoms with Gasteiger partial charge in [0.25, 0.3) is 0 Å². The van der Waals surface area contributed by atoms with Gasteiger partial charge in [0.2, 0.25) is 0 Å². The molecule has 0 aromatic carbocycles. The first-order valence-electron chi connectivity index (χ1n) is 6.54. The minimum absolute atomic E-state index is 0.749. The maximum Gasteiger partial charge on any atom is 0.0113 e. The van der Waals surface area contributed by atoms with Crippen molar-refractivity contribution in [2.24, 2.45) is 11.8 Å². The number of piperidine rings is 1. The first kappa shape index (κ1) is 14.3. The minimum atomic E-state index is 0.749. The highest BCUT2D eigenvalue weighted by molar-refractivity contribution is 7.80. The molecule has 0 spiro atoms. The smallest absolute Gasteiger partial charge is 0.0113 e. The van der Waals surface area contributed by atoms with E-state index in [1.807, 2.05) is 0 Å². The van der Waals surface area contributed by atoms with Gasteiger partial charge in [-0.15, -0.1) is 0 Å². The molecule has 1 saturated heterocycles. The standard InChI is InChI=1S/C13H28N2S/c1-11(2)12(10-16)9-15-7-5-13(6-8-15)14(3)4/h11-13,16H,5-10H2,1-4H3. The number of hydrogen-bond donors (Lipinski definition) is 1. The highest BCUT2D eigenvalue weighted by Crippen LogP contribution is 2.19. The van der Waals surface area contributed by atoms with Crippen LogP contribution in [-0.2, 0) is 0 Å². The molecular weight excluding hydrogens is 216 g/mol. The summed E-state index contributed by atoms with van der Waals surface area (Å²) in [5.41, 5.74) is 0. The molecule has 1 heterocycles. The van der Waals surface area contributed by atoms with Crippen LogP contribution in [0.2, 0.25) is 0 Å². The van der Waals surface area contributed by atoms with Crippen LogP contribution in [0, 0.1) is 11.8 Å². The molecule has 2 nitrogen and oxygen atoms in total. The third kappa shape index (κ3) is 4.27. The lowest BCUT2D eigenvalue weighted by Crippen LogP contribution is -2.44. The predicted octanol–water partition coefficient (Wildman–Crippen LogP) is 2.21. The summed E-state index contributed by atoms with van der Waals surface area (Å²) >= 11 is 4.47. The lowest BCUT2D eigenvalue weighted by atomic mass is 9.95. The Bertz CT molecular complexity index is 186.